The number of benzene rings is 3. The number of hydrogen-bond acceptors (Lipinski definition) is 2. The molecule has 0 bridgehead atoms. The van der Waals surface area contributed by atoms with E-state index >= 15 is 0 Å². The second kappa shape index (κ2) is 7.16. The van der Waals surface area contributed by atoms with Crippen LogP contribution in [-0.4, -0.2) is 13.1 Å². The maximum absolute atomic E-state index is 11.6. The van der Waals surface area contributed by atoms with Gasteiger partial charge in [0, 0.05) is 0 Å². The summed E-state index contributed by atoms with van der Waals surface area (Å²) in [5.41, 5.74) is 0.570. The van der Waals surface area contributed by atoms with Gasteiger partial charge in [0.2, 0.25) is 0 Å². The van der Waals surface area contributed by atoms with Crippen molar-refractivity contribution in [3.63, 3.8) is 0 Å². The Morgan fingerprint density at radius 3 is 1.57 bits per heavy atom. The Hall–Kier alpha value is -2.52. The largest absolute Gasteiger partial charge is 0.465 e. The van der Waals surface area contributed by atoms with Crippen LogP contribution in [0.3, 0.4) is 0 Å². The molecule has 0 aliphatic carbocycles. The monoisotopic (exact) mass is 321 g/mol. The summed E-state index contributed by atoms with van der Waals surface area (Å²) < 4.78 is 4.77. The number of rotatable bonds is 4. The summed E-state index contributed by atoms with van der Waals surface area (Å²) in [6.07, 6.45) is 0. The maximum Gasteiger partial charge on any atom is 0.337 e. The van der Waals surface area contributed by atoms with Gasteiger partial charge in [0.15, 0.2) is 14.7 Å². The average molecular weight is 321 g/mol. The number of carbonyl (C=O) groups is 1. The number of carbonyl (C=O) groups excluding carboxylic acids is 1. The van der Waals surface area contributed by atoms with Gasteiger partial charge in [0.05, 0.1) is 23.6 Å². The molecule has 0 saturated heterocycles. The van der Waals surface area contributed by atoms with Gasteiger partial charge in [-0.25, -0.2) is 4.79 Å². The third-order valence-electron chi connectivity index (χ3n) is 3.47. The number of methoxy groups -OCH3 is 1. The van der Waals surface area contributed by atoms with Crippen molar-refractivity contribution in [2.75, 3.05) is 7.11 Å². The summed E-state index contributed by atoms with van der Waals surface area (Å²) in [6, 6.07) is 28.5. The average Bonchev–Trinajstić information content (AvgIpc) is 2.64. The van der Waals surface area contributed by atoms with Crippen LogP contribution in [0.2, 0.25) is 0 Å². The Balaban J connectivity index is 2.04. The molecule has 0 N–H and O–H groups in total. The summed E-state index contributed by atoms with van der Waals surface area (Å²) >= 11 is 0. The first-order valence-electron chi connectivity index (χ1n) is 7.32. The number of esters is 1. The molecule has 23 heavy (non-hydrogen) atoms. The summed E-state index contributed by atoms with van der Waals surface area (Å²) in [6.45, 7) is 0. The molecule has 3 heteroatoms. The van der Waals surface area contributed by atoms with Crippen LogP contribution in [0.5, 0.6) is 0 Å². The lowest BCUT2D eigenvalue weighted by Gasteiger charge is -2.08. The molecule has 0 atom stereocenters. The zero-order valence-electron chi connectivity index (χ0n) is 12.8. The van der Waals surface area contributed by atoms with Crippen LogP contribution in [0.25, 0.3) is 0 Å². The molecule has 0 amide bonds. The zero-order valence-corrected chi connectivity index (χ0v) is 13.6. The highest BCUT2D eigenvalue weighted by Gasteiger charge is 2.28. The lowest BCUT2D eigenvalue weighted by atomic mass is 10.2. The molecule has 0 aliphatic rings. The molecule has 0 radical (unpaired) electrons. The van der Waals surface area contributed by atoms with Crippen LogP contribution in [0.1, 0.15) is 10.4 Å². The molecule has 0 fully saturated rings. The molecule has 0 aromatic heterocycles. The Morgan fingerprint density at radius 1 is 0.696 bits per heavy atom. The molecule has 0 unspecified atom stereocenters. The zero-order chi connectivity index (χ0) is 16.1. The van der Waals surface area contributed by atoms with E-state index in [0.717, 1.165) is 0 Å². The van der Waals surface area contributed by atoms with Crippen molar-refractivity contribution in [3.8, 4) is 0 Å². The van der Waals surface area contributed by atoms with Crippen LogP contribution < -0.4 is 0 Å². The molecule has 0 aliphatic heterocycles. The van der Waals surface area contributed by atoms with Gasteiger partial charge in [0.25, 0.3) is 0 Å². The fraction of sp³-hybridized carbons (Fsp3) is 0.0500. The molecule has 0 heterocycles. The normalized spacial score (nSPS) is 10.5. The minimum Gasteiger partial charge on any atom is -0.465 e. The summed E-state index contributed by atoms with van der Waals surface area (Å²) in [5.74, 6) is -0.309. The first kappa shape index (κ1) is 15.4. The van der Waals surface area contributed by atoms with Gasteiger partial charge in [-0.15, -0.1) is 0 Å². The molecule has 0 spiro atoms. The van der Waals surface area contributed by atoms with Gasteiger partial charge in [-0.05, 0) is 48.5 Å². The minimum atomic E-state index is -0.309. The van der Waals surface area contributed by atoms with Gasteiger partial charge in [-0.3, -0.25) is 0 Å². The molecular formula is C20H17O2S+. The van der Waals surface area contributed by atoms with Crippen molar-refractivity contribution >= 4 is 16.9 Å². The van der Waals surface area contributed by atoms with E-state index in [1.54, 1.807) is 0 Å². The Morgan fingerprint density at radius 2 is 1.13 bits per heavy atom. The van der Waals surface area contributed by atoms with Crippen molar-refractivity contribution < 1.29 is 9.53 Å². The minimum absolute atomic E-state index is 0.190. The summed E-state index contributed by atoms with van der Waals surface area (Å²) in [5, 5.41) is 0. The Kier molecular flexibility index (Phi) is 4.79. The second-order valence-electron chi connectivity index (χ2n) is 4.95. The predicted octanol–water partition coefficient (Wildman–Crippen LogP) is 4.57. The first-order valence-corrected chi connectivity index (χ1v) is 8.55. The number of ether oxygens (including phenoxy) is 1. The van der Waals surface area contributed by atoms with Crippen molar-refractivity contribution in [2.24, 2.45) is 0 Å². The van der Waals surface area contributed by atoms with Crippen molar-refractivity contribution in [3.05, 3.63) is 90.5 Å². The quantitative estimate of drug-likeness (QED) is 0.520. The predicted molar refractivity (Wildman–Crippen MR) is 92.8 cm³/mol. The van der Waals surface area contributed by atoms with Crippen molar-refractivity contribution in [2.45, 2.75) is 14.7 Å². The van der Waals surface area contributed by atoms with E-state index in [4.69, 9.17) is 4.74 Å². The van der Waals surface area contributed by atoms with E-state index < -0.39 is 0 Å². The van der Waals surface area contributed by atoms with E-state index in [1.165, 1.54) is 21.8 Å². The van der Waals surface area contributed by atoms with E-state index in [2.05, 4.69) is 48.5 Å². The van der Waals surface area contributed by atoms with E-state index in [9.17, 15) is 4.79 Å². The van der Waals surface area contributed by atoms with Crippen LogP contribution in [0.4, 0.5) is 0 Å². The highest BCUT2D eigenvalue weighted by atomic mass is 32.2. The number of hydrogen-bond donors (Lipinski definition) is 0. The van der Waals surface area contributed by atoms with Crippen molar-refractivity contribution in [1.82, 2.24) is 0 Å². The summed E-state index contributed by atoms with van der Waals surface area (Å²) in [7, 11) is 1.21. The van der Waals surface area contributed by atoms with E-state index in [0.29, 0.717) is 5.56 Å². The Labute approximate surface area is 139 Å². The lowest BCUT2D eigenvalue weighted by molar-refractivity contribution is 0.0600. The molecule has 3 rings (SSSR count). The fourth-order valence-corrected chi connectivity index (χ4v) is 4.45. The van der Waals surface area contributed by atoms with E-state index in [-0.39, 0.29) is 16.9 Å². The smallest absolute Gasteiger partial charge is 0.337 e. The van der Waals surface area contributed by atoms with Crippen molar-refractivity contribution in [1.29, 1.82) is 0 Å². The Bertz CT molecular complexity index is 728. The molecular weight excluding hydrogens is 304 g/mol. The molecule has 3 aromatic rings. The van der Waals surface area contributed by atoms with E-state index in [1.807, 2.05) is 36.4 Å². The third kappa shape index (κ3) is 3.46. The molecule has 2 nitrogen and oxygen atoms in total. The van der Waals surface area contributed by atoms with Gasteiger partial charge in [-0.1, -0.05) is 36.4 Å². The topological polar surface area (TPSA) is 26.3 Å². The lowest BCUT2D eigenvalue weighted by Crippen LogP contribution is -2.06. The maximum atomic E-state index is 11.6. The molecule has 114 valence electrons. The van der Waals surface area contributed by atoms with Crippen LogP contribution in [0.15, 0.2) is 99.6 Å². The SMILES string of the molecule is COC(=O)c1ccc([S+](c2ccccc2)c2ccccc2)cc1. The fourth-order valence-electron chi connectivity index (χ4n) is 2.37. The standard InChI is InChI=1S/C20H17O2S/c1-22-20(21)16-12-14-19(15-13-16)23(17-8-4-2-5-9-17)18-10-6-3-7-11-18/h2-15H,1H3/q+1. The van der Waals surface area contributed by atoms with Crippen LogP contribution in [0, 0.1) is 0 Å². The van der Waals surface area contributed by atoms with Crippen LogP contribution in [-0.2, 0) is 15.6 Å². The highest BCUT2D eigenvalue weighted by Crippen LogP contribution is 2.31. The highest BCUT2D eigenvalue weighted by molar-refractivity contribution is 7.97. The van der Waals surface area contributed by atoms with Gasteiger partial charge >= 0.3 is 5.97 Å². The summed E-state index contributed by atoms with van der Waals surface area (Å²) in [4.78, 5) is 15.3. The molecule has 0 saturated carbocycles. The van der Waals surface area contributed by atoms with Gasteiger partial charge < -0.3 is 4.74 Å². The van der Waals surface area contributed by atoms with Gasteiger partial charge in [-0.2, -0.15) is 0 Å². The van der Waals surface area contributed by atoms with Gasteiger partial charge in [0.1, 0.15) is 0 Å². The third-order valence-corrected chi connectivity index (χ3v) is 5.70. The second-order valence-corrected chi connectivity index (χ2v) is 6.97. The molecule has 3 aromatic carbocycles. The first-order chi connectivity index (χ1) is 11.3. The van der Waals surface area contributed by atoms with Crippen LogP contribution >= 0.6 is 0 Å².